The van der Waals surface area contributed by atoms with E-state index in [0.29, 0.717) is 45.8 Å². The van der Waals surface area contributed by atoms with Crippen molar-refractivity contribution >= 4 is 32.7 Å². The van der Waals surface area contributed by atoms with E-state index >= 15 is 0 Å². The lowest BCUT2D eigenvalue weighted by molar-refractivity contribution is -0.114. The molecular weight excluding hydrogens is 390 g/mol. The Morgan fingerprint density at radius 2 is 1.69 bits per heavy atom. The predicted molar refractivity (Wildman–Crippen MR) is 113 cm³/mol. The van der Waals surface area contributed by atoms with E-state index in [1.54, 1.807) is 8.61 Å². The molecule has 0 aliphatic carbocycles. The second-order valence-corrected chi connectivity index (χ2v) is 9.61. The van der Waals surface area contributed by atoms with Crippen LogP contribution in [-0.4, -0.2) is 72.1 Å². The SMILES string of the molecule is CC(=O)Nc1ccc2nc(CN3CCN(S(=O)(=O)N4CCCC4)CC3)ccc2c1. The van der Waals surface area contributed by atoms with Gasteiger partial charge in [0.2, 0.25) is 5.91 Å². The Hall–Kier alpha value is -2.07. The fraction of sp³-hybridized carbons (Fsp3) is 0.500. The van der Waals surface area contributed by atoms with Crippen LogP contribution in [0.2, 0.25) is 0 Å². The Kier molecular flexibility index (Phi) is 5.82. The number of hydrogen-bond donors (Lipinski definition) is 1. The van der Waals surface area contributed by atoms with E-state index in [2.05, 4.69) is 10.2 Å². The number of hydrogen-bond acceptors (Lipinski definition) is 5. The summed E-state index contributed by atoms with van der Waals surface area (Å²) in [7, 11) is -3.31. The number of fused-ring (bicyclic) bond motifs is 1. The number of rotatable bonds is 5. The van der Waals surface area contributed by atoms with Gasteiger partial charge in [-0.05, 0) is 37.1 Å². The minimum absolute atomic E-state index is 0.0974. The summed E-state index contributed by atoms with van der Waals surface area (Å²) >= 11 is 0. The van der Waals surface area contributed by atoms with Gasteiger partial charge in [0.15, 0.2) is 0 Å². The lowest BCUT2D eigenvalue weighted by atomic mass is 10.1. The van der Waals surface area contributed by atoms with Crippen LogP contribution in [0.1, 0.15) is 25.5 Å². The maximum atomic E-state index is 12.7. The van der Waals surface area contributed by atoms with Crippen molar-refractivity contribution in [2.75, 3.05) is 44.6 Å². The smallest absolute Gasteiger partial charge is 0.282 e. The highest BCUT2D eigenvalue weighted by atomic mass is 32.2. The fourth-order valence-corrected chi connectivity index (χ4v) is 5.64. The highest BCUT2D eigenvalue weighted by molar-refractivity contribution is 7.86. The first-order chi connectivity index (χ1) is 13.9. The third-order valence-corrected chi connectivity index (χ3v) is 7.54. The Morgan fingerprint density at radius 1 is 1.00 bits per heavy atom. The van der Waals surface area contributed by atoms with Gasteiger partial charge in [-0.3, -0.25) is 14.7 Å². The van der Waals surface area contributed by atoms with Gasteiger partial charge in [-0.1, -0.05) is 6.07 Å². The van der Waals surface area contributed by atoms with Crippen LogP contribution < -0.4 is 5.32 Å². The lowest BCUT2D eigenvalue weighted by Gasteiger charge is -2.35. The lowest BCUT2D eigenvalue weighted by Crippen LogP contribution is -2.52. The summed E-state index contributed by atoms with van der Waals surface area (Å²) < 4.78 is 28.6. The number of piperazine rings is 1. The zero-order valence-corrected chi connectivity index (χ0v) is 17.5. The van der Waals surface area contributed by atoms with E-state index in [-0.39, 0.29) is 5.91 Å². The number of carbonyl (C=O) groups is 1. The van der Waals surface area contributed by atoms with Crippen molar-refractivity contribution in [3.63, 3.8) is 0 Å². The van der Waals surface area contributed by atoms with Crippen molar-refractivity contribution in [3.05, 3.63) is 36.0 Å². The van der Waals surface area contributed by atoms with Crippen LogP contribution in [0.4, 0.5) is 5.69 Å². The van der Waals surface area contributed by atoms with Crippen molar-refractivity contribution in [2.24, 2.45) is 0 Å². The van der Waals surface area contributed by atoms with Gasteiger partial charge >= 0.3 is 0 Å². The van der Waals surface area contributed by atoms with E-state index in [1.807, 2.05) is 30.3 Å². The van der Waals surface area contributed by atoms with E-state index in [9.17, 15) is 13.2 Å². The zero-order valence-electron chi connectivity index (χ0n) is 16.7. The number of benzene rings is 1. The number of aromatic nitrogens is 1. The molecule has 2 aromatic rings. The highest BCUT2D eigenvalue weighted by Gasteiger charge is 2.33. The van der Waals surface area contributed by atoms with Gasteiger partial charge in [-0.2, -0.15) is 17.0 Å². The molecule has 2 aliphatic rings. The van der Waals surface area contributed by atoms with Crippen molar-refractivity contribution in [2.45, 2.75) is 26.3 Å². The predicted octanol–water partition coefficient (Wildman–Crippen LogP) is 1.65. The van der Waals surface area contributed by atoms with Crippen molar-refractivity contribution in [1.29, 1.82) is 0 Å². The number of pyridine rings is 1. The van der Waals surface area contributed by atoms with Crippen LogP contribution >= 0.6 is 0 Å². The number of nitrogens with one attached hydrogen (secondary N) is 1. The van der Waals surface area contributed by atoms with Gasteiger partial charge in [0.05, 0.1) is 11.2 Å². The molecule has 1 aromatic carbocycles. The molecule has 0 radical (unpaired) electrons. The molecule has 3 heterocycles. The minimum Gasteiger partial charge on any atom is -0.326 e. The summed E-state index contributed by atoms with van der Waals surface area (Å²) in [6.45, 7) is 5.92. The maximum Gasteiger partial charge on any atom is 0.282 e. The third kappa shape index (κ3) is 4.58. The standard InChI is InChI=1S/C20H27N5O3S/c1-16(26)21-18-6-7-20-17(14-18)4-5-19(22-20)15-23-10-12-25(13-11-23)29(27,28)24-8-2-3-9-24/h4-7,14H,2-3,8-13,15H2,1H3,(H,21,26). The maximum absolute atomic E-state index is 12.7. The van der Waals surface area contributed by atoms with Gasteiger partial charge in [0, 0.05) is 63.8 Å². The molecule has 0 saturated carbocycles. The second-order valence-electron chi connectivity index (χ2n) is 7.68. The molecule has 9 heteroatoms. The van der Waals surface area contributed by atoms with Gasteiger partial charge in [0.25, 0.3) is 10.2 Å². The molecule has 1 N–H and O–H groups in total. The molecule has 29 heavy (non-hydrogen) atoms. The highest BCUT2D eigenvalue weighted by Crippen LogP contribution is 2.21. The summed E-state index contributed by atoms with van der Waals surface area (Å²) in [6.07, 6.45) is 1.91. The summed E-state index contributed by atoms with van der Waals surface area (Å²) in [6, 6.07) is 9.67. The van der Waals surface area contributed by atoms with Crippen LogP contribution in [0, 0.1) is 0 Å². The molecule has 2 fully saturated rings. The van der Waals surface area contributed by atoms with E-state index in [0.717, 1.165) is 35.1 Å². The first-order valence-electron chi connectivity index (χ1n) is 10.1. The number of nitrogens with zero attached hydrogens (tertiary/aromatic N) is 4. The van der Waals surface area contributed by atoms with Crippen molar-refractivity contribution in [1.82, 2.24) is 18.5 Å². The van der Waals surface area contributed by atoms with E-state index in [4.69, 9.17) is 4.98 Å². The second kappa shape index (κ2) is 8.35. The Morgan fingerprint density at radius 3 is 2.38 bits per heavy atom. The van der Waals surface area contributed by atoms with Crippen molar-refractivity contribution < 1.29 is 13.2 Å². The van der Waals surface area contributed by atoms with E-state index in [1.165, 1.54) is 6.92 Å². The molecule has 0 atom stereocenters. The summed E-state index contributed by atoms with van der Waals surface area (Å²) in [5.41, 5.74) is 2.60. The quantitative estimate of drug-likeness (QED) is 0.800. The van der Waals surface area contributed by atoms with Crippen LogP contribution in [0.25, 0.3) is 10.9 Å². The Balaban J connectivity index is 1.37. The fourth-order valence-electron chi connectivity index (χ4n) is 3.97. The number of amides is 1. The van der Waals surface area contributed by atoms with Crippen LogP contribution in [0.5, 0.6) is 0 Å². The molecule has 2 aliphatic heterocycles. The first kappa shape index (κ1) is 20.2. The average Bonchev–Trinajstić information content (AvgIpc) is 3.24. The summed E-state index contributed by atoms with van der Waals surface area (Å²) in [5, 5.41) is 3.76. The molecule has 1 aromatic heterocycles. The minimum atomic E-state index is -3.31. The van der Waals surface area contributed by atoms with Gasteiger partial charge in [-0.15, -0.1) is 0 Å². The van der Waals surface area contributed by atoms with E-state index < -0.39 is 10.2 Å². The normalized spacial score (nSPS) is 19.6. The molecule has 4 rings (SSSR count). The third-order valence-electron chi connectivity index (χ3n) is 5.50. The summed E-state index contributed by atoms with van der Waals surface area (Å²) in [5.74, 6) is -0.0974. The molecule has 8 nitrogen and oxygen atoms in total. The number of carbonyl (C=O) groups excluding carboxylic acids is 1. The van der Waals surface area contributed by atoms with Crippen LogP contribution in [0.3, 0.4) is 0 Å². The zero-order chi connectivity index (χ0) is 20.4. The Bertz CT molecular complexity index is 996. The molecular formula is C20H27N5O3S. The topological polar surface area (TPSA) is 85.9 Å². The van der Waals surface area contributed by atoms with Gasteiger partial charge < -0.3 is 5.32 Å². The average molecular weight is 418 g/mol. The van der Waals surface area contributed by atoms with Gasteiger partial charge in [0.1, 0.15) is 0 Å². The molecule has 0 spiro atoms. The van der Waals surface area contributed by atoms with Crippen LogP contribution in [-0.2, 0) is 21.5 Å². The molecule has 156 valence electrons. The molecule has 0 unspecified atom stereocenters. The monoisotopic (exact) mass is 417 g/mol. The molecule has 0 bridgehead atoms. The van der Waals surface area contributed by atoms with Crippen molar-refractivity contribution in [3.8, 4) is 0 Å². The molecule has 1 amide bonds. The van der Waals surface area contributed by atoms with Crippen LogP contribution in [0.15, 0.2) is 30.3 Å². The Labute approximate surface area is 171 Å². The van der Waals surface area contributed by atoms with Gasteiger partial charge in [-0.25, -0.2) is 0 Å². The first-order valence-corrected chi connectivity index (χ1v) is 11.5. The number of anilines is 1. The largest absolute Gasteiger partial charge is 0.326 e. The molecule has 2 saturated heterocycles. The summed E-state index contributed by atoms with van der Waals surface area (Å²) in [4.78, 5) is 18.2.